The monoisotopic (exact) mass is 123 g/mol. The Labute approximate surface area is 45.6 Å². The van der Waals surface area contributed by atoms with Crippen molar-refractivity contribution >= 4 is 5.84 Å². The van der Waals surface area contributed by atoms with Crippen molar-refractivity contribution in [2.24, 2.45) is 10.8 Å². The lowest BCUT2D eigenvalue weighted by Gasteiger charge is -1.99. The van der Waals surface area contributed by atoms with Crippen molar-refractivity contribution in [3.63, 3.8) is 0 Å². The number of halogens is 2. The van der Waals surface area contributed by atoms with E-state index in [2.05, 4.69) is 10.8 Å². The summed E-state index contributed by atoms with van der Waals surface area (Å²) in [5.41, 5.74) is 1.75. The van der Waals surface area contributed by atoms with Crippen molar-refractivity contribution in [2.75, 3.05) is 7.05 Å². The van der Waals surface area contributed by atoms with E-state index in [0.29, 0.717) is 0 Å². The largest absolute Gasteiger partial charge is 0.307 e. The summed E-state index contributed by atoms with van der Waals surface area (Å²) in [4.78, 5) is 3.14. The molecule has 0 heterocycles. The van der Waals surface area contributed by atoms with Crippen molar-refractivity contribution in [1.82, 2.24) is 5.43 Å². The zero-order chi connectivity index (χ0) is 6.57. The second-order valence-electron chi connectivity index (χ2n) is 1.05. The van der Waals surface area contributed by atoms with Gasteiger partial charge in [-0.2, -0.15) is 0 Å². The van der Waals surface area contributed by atoms with Crippen LogP contribution in [0.25, 0.3) is 0 Å². The lowest BCUT2D eigenvalue weighted by molar-refractivity contribution is 0.220. The molecular weight excluding hydrogens is 116 g/mol. The van der Waals surface area contributed by atoms with Gasteiger partial charge in [-0.05, 0) is 0 Å². The summed E-state index contributed by atoms with van der Waals surface area (Å²) in [6, 6.07) is 0. The minimum Gasteiger partial charge on any atom is -0.307 e. The topological polar surface area (TPSA) is 50.4 Å². The molecule has 8 heavy (non-hydrogen) atoms. The average molecular weight is 123 g/mol. The predicted octanol–water partition coefficient (Wildman–Crippen LogP) is -0.257. The second kappa shape index (κ2) is 3.31. The third-order valence-electron chi connectivity index (χ3n) is 0.595. The first-order valence-corrected chi connectivity index (χ1v) is 1.93. The quantitative estimate of drug-likeness (QED) is 0.218. The minimum absolute atomic E-state index is 0.495. The summed E-state index contributed by atoms with van der Waals surface area (Å²) < 4.78 is 22.9. The number of amidine groups is 1. The third-order valence-corrected chi connectivity index (χ3v) is 0.595. The second-order valence-corrected chi connectivity index (χ2v) is 1.05. The standard InChI is InChI=1S/C3H7F2N3/c1-7-3(8-6)2(4)5/h2H,6H2,1H3,(H,7,8). The van der Waals surface area contributed by atoms with Gasteiger partial charge in [0.1, 0.15) is 0 Å². The molecule has 0 aromatic carbocycles. The van der Waals surface area contributed by atoms with Crippen LogP contribution in [0.1, 0.15) is 0 Å². The van der Waals surface area contributed by atoms with Gasteiger partial charge >= 0.3 is 0 Å². The molecule has 0 aromatic rings. The Balaban J connectivity index is 3.72. The van der Waals surface area contributed by atoms with Crippen LogP contribution >= 0.6 is 0 Å². The first-order valence-electron chi connectivity index (χ1n) is 1.93. The molecule has 0 aromatic heterocycles. The van der Waals surface area contributed by atoms with E-state index in [1.54, 1.807) is 5.43 Å². The highest BCUT2D eigenvalue weighted by Gasteiger charge is 2.08. The van der Waals surface area contributed by atoms with Gasteiger partial charge in [0.15, 0.2) is 5.84 Å². The van der Waals surface area contributed by atoms with Crippen LogP contribution in [0, 0.1) is 0 Å². The number of aliphatic imine (C=N–C) groups is 1. The van der Waals surface area contributed by atoms with Gasteiger partial charge < -0.3 is 5.43 Å². The van der Waals surface area contributed by atoms with Crippen molar-refractivity contribution in [3.05, 3.63) is 0 Å². The fraction of sp³-hybridized carbons (Fsp3) is 0.667. The van der Waals surface area contributed by atoms with E-state index >= 15 is 0 Å². The Bertz CT molecular complexity index is 90.5. The smallest absolute Gasteiger partial charge is 0.295 e. The molecule has 0 amide bonds. The highest BCUT2D eigenvalue weighted by atomic mass is 19.3. The summed E-state index contributed by atoms with van der Waals surface area (Å²) in [5.74, 6) is 4.13. The van der Waals surface area contributed by atoms with Crippen molar-refractivity contribution in [3.8, 4) is 0 Å². The zero-order valence-corrected chi connectivity index (χ0v) is 4.36. The van der Waals surface area contributed by atoms with E-state index in [9.17, 15) is 8.78 Å². The Morgan fingerprint density at radius 3 is 2.25 bits per heavy atom. The van der Waals surface area contributed by atoms with Crippen LogP contribution < -0.4 is 11.3 Å². The number of nitrogens with two attached hydrogens (primary N) is 1. The predicted molar refractivity (Wildman–Crippen MR) is 26.7 cm³/mol. The molecule has 0 bridgehead atoms. The molecule has 0 spiro atoms. The van der Waals surface area contributed by atoms with E-state index < -0.39 is 12.3 Å². The van der Waals surface area contributed by atoms with E-state index in [0.717, 1.165) is 0 Å². The summed E-state index contributed by atoms with van der Waals surface area (Å²) in [6.07, 6.45) is -2.61. The number of rotatable bonds is 1. The lowest BCUT2D eigenvalue weighted by Crippen LogP contribution is -2.35. The molecule has 3 N–H and O–H groups in total. The molecule has 0 radical (unpaired) electrons. The zero-order valence-electron chi connectivity index (χ0n) is 4.36. The van der Waals surface area contributed by atoms with Crippen molar-refractivity contribution in [1.29, 1.82) is 0 Å². The van der Waals surface area contributed by atoms with Gasteiger partial charge in [-0.3, -0.25) is 4.99 Å². The molecule has 5 heteroatoms. The highest BCUT2D eigenvalue weighted by molar-refractivity contribution is 5.84. The first-order chi connectivity index (χ1) is 3.72. The van der Waals surface area contributed by atoms with Crippen LogP contribution in [0.4, 0.5) is 8.78 Å². The van der Waals surface area contributed by atoms with Crippen LogP contribution in [-0.4, -0.2) is 19.3 Å². The number of nitrogens with zero attached hydrogens (tertiary/aromatic N) is 1. The molecule has 0 saturated heterocycles. The van der Waals surface area contributed by atoms with Gasteiger partial charge in [-0.15, -0.1) is 0 Å². The maximum Gasteiger partial charge on any atom is 0.295 e. The van der Waals surface area contributed by atoms with Gasteiger partial charge in [0.25, 0.3) is 6.43 Å². The van der Waals surface area contributed by atoms with Gasteiger partial charge in [-0.25, -0.2) is 14.6 Å². The first kappa shape index (κ1) is 7.29. The fourth-order valence-corrected chi connectivity index (χ4v) is 0.225. The number of hydrazine groups is 1. The highest BCUT2D eigenvalue weighted by Crippen LogP contribution is 1.90. The molecule has 0 fully saturated rings. The molecular formula is C3H7F2N3. The maximum absolute atomic E-state index is 11.4. The average Bonchev–Trinajstić information content (AvgIpc) is 1.69. The SMILES string of the molecule is CN=C(NN)C(F)F. The van der Waals surface area contributed by atoms with Crippen LogP contribution in [0.5, 0.6) is 0 Å². The van der Waals surface area contributed by atoms with Gasteiger partial charge in [0, 0.05) is 7.05 Å². The fourth-order valence-electron chi connectivity index (χ4n) is 0.225. The van der Waals surface area contributed by atoms with E-state index in [4.69, 9.17) is 0 Å². The van der Waals surface area contributed by atoms with E-state index in [1.165, 1.54) is 7.05 Å². The van der Waals surface area contributed by atoms with E-state index in [-0.39, 0.29) is 0 Å². The van der Waals surface area contributed by atoms with Gasteiger partial charge in [0.05, 0.1) is 0 Å². The number of hydrogen-bond acceptors (Lipinski definition) is 2. The Morgan fingerprint density at radius 1 is 1.75 bits per heavy atom. The summed E-state index contributed by atoms with van der Waals surface area (Å²) >= 11 is 0. The summed E-state index contributed by atoms with van der Waals surface area (Å²) in [5, 5.41) is 0. The van der Waals surface area contributed by atoms with Crippen molar-refractivity contribution in [2.45, 2.75) is 6.43 Å². The normalized spacial score (nSPS) is 12.4. The van der Waals surface area contributed by atoms with Gasteiger partial charge in [-0.1, -0.05) is 0 Å². The molecule has 0 rings (SSSR count). The molecule has 0 aliphatic carbocycles. The molecule has 48 valence electrons. The van der Waals surface area contributed by atoms with Crippen LogP contribution in [-0.2, 0) is 0 Å². The maximum atomic E-state index is 11.4. The molecule has 0 unspecified atom stereocenters. The minimum atomic E-state index is -2.61. The number of hydrogen-bond donors (Lipinski definition) is 2. The molecule has 0 aliphatic heterocycles. The summed E-state index contributed by atoms with van der Waals surface area (Å²) in [6.45, 7) is 0. The van der Waals surface area contributed by atoms with E-state index in [1.807, 2.05) is 0 Å². The Kier molecular flexibility index (Phi) is 3.02. The molecule has 3 nitrogen and oxygen atoms in total. The molecule has 0 saturated carbocycles. The third kappa shape index (κ3) is 1.83. The van der Waals surface area contributed by atoms with Crippen molar-refractivity contribution < 1.29 is 8.78 Å². The molecule has 0 aliphatic rings. The van der Waals surface area contributed by atoms with Crippen LogP contribution in [0.3, 0.4) is 0 Å². The Morgan fingerprint density at radius 2 is 2.25 bits per heavy atom. The Hall–Kier alpha value is -0.710. The molecule has 0 atom stereocenters. The number of alkyl halides is 2. The summed E-state index contributed by atoms with van der Waals surface area (Å²) in [7, 11) is 1.24. The lowest BCUT2D eigenvalue weighted by atomic mass is 10.6. The van der Waals surface area contributed by atoms with Gasteiger partial charge in [0.2, 0.25) is 0 Å². The van der Waals surface area contributed by atoms with Crippen LogP contribution in [0.2, 0.25) is 0 Å². The number of nitrogens with one attached hydrogen (secondary N) is 1. The van der Waals surface area contributed by atoms with Crippen LogP contribution in [0.15, 0.2) is 4.99 Å².